The topological polar surface area (TPSA) is 79.7 Å². The molecule has 36 heavy (non-hydrogen) atoms. The summed E-state index contributed by atoms with van der Waals surface area (Å²) in [6.45, 7) is 7.66. The average Bonchev–Trinajstić information content (AvgIpc) is 3.57. The van der Waals surface area contributed by atoms with Crippen LogP contribution in [0.4, 0.5) is 4.39 Å². The number of fused-ring (bicyclic) bond motifs is 1. The van der Waals surface area contributed by atoms with Crippen molar-refractivity contribution in [3.63, 3.8) is 0 Å². The largest absolute Gasteiger partial charge is 0.337 e. The first kappa shape index (κ1) is 23.7. The Kier molecular flexibility index (Phi) is 5.87. The van der Waals surface area contributed by atoms with Crippen LogP contribution in [0.1, 0.15) is 54.9 Å². The summed E-state index contributed by atoms with van der Waals surface area (Å²) >= 11 is 0. The van der Waals surface area contributed by atoms with Gasteiger partial charge in [0, 0.05) is 43.0 Å². The average molecular weight is 485 g/mol. The first-order valence-electron chi connectivity index (χ1n) is 12.3. The SMILES string of the molecule is CCC1(CC)CCN(C(=O)c2nc(-c3ccc(C#N)c(F)c3)n(-c3ccc4nn(C)cc4c3)c2C)C1. The normalized spacial score (nSPS) is 14.9. The van der Waals surface area contributed by atoms with E-state index in [2.05, 4.69) is 18.9 Å². The van der Waals surface area contributed by atoms with Crippen LogP contribution in [-0.4, -0.2) is 43.2 Å². The lowest BCUT2D eigenvalue weighted by molar-refractivity contribution is 0.0764. The smallest absolute Gasteiger partial charge is 0.274 e. The maximum Gasteiger partial charge on any atom is 0.274 e. The van der Waals surface area contributed by atoms with Gasteiger partial charge < -0.3 is 4.90 Å². The quantitative estimate of drug-likeness (QED) is 0.380. The highest BCUT2D eigenvalue weighted by Gasteiger charge is 2.38. The molecule has 2 aromatic carbocycles. The van der Waals surface area contributed by atoms with Crippen LogP contribution in [0.3, 0.4) is 0 Å². The van der Waals surface area contributed by atoms with Crippen molar-refractivity contribution in [3.8, 4) is 23.1 Å². The maximum atomic E-state index is 14.6. The molecule has 5 rings (SSSR count). The Balaban J connectivity index is 1.65. The van der Waals surface area contributed by atoms with Gasteiger partial charge in [0.1, 0.15) is 23.4 Å². The molecule has 1 fully saturated rings. The van der Waals surface area contributed by atoms with E-state index in [0.717, 1.165) is 35.9 Å². The fraction of sp³-hybridized carbons (Fsp3) is 0.357. The number of hydrogen-bond acceptors (Lipinski definition) is 4. The number of aromatic nitrogens is 4. The number of aryl methyl sites for hydroxylation is 1. The van der Waals surface area contributed by atoms with E-state index in [1.54, 1.807) is 10.7 Å². The molecule has 0 aliphatic carbocycles. The predicted octanol–water partition coefficient (Wildman–Crippen LogP) is 5.40. The van der Waals surface area contributed by atoms with Crippen LogP contribution in [0, 0.1) is 29.5 Å². The third kappa shape index (κ3) is 3.85. The Bertz CT molecular complexity index is 1520. The predicted molar refractivity (Wildman–Crippen MR) is 136 cm³/mol. The van der Waals surface area contributed by atoms with Crippen LogP contribution in [0.5, 0.6) is 0 Å². The highest BCUT2D eigenvalue weighted by molar-refractivity contribution is 5.95. The molecule has 0 N–H and O–H groups in total. The Morgan fingerprint density at radius 3 is 2.64 bits per heavy atom. The molecule has 1 aliphatic rings. The van der Waals surface area contributed by atoms with Gasteiger partial charge in [-0.05, 0) is 68.0 Å². The fourth-order valence-electron chi connectivity index (χ4n) is 5.32. The van der Waals surface area contributed by atoms with E-state index in [-0.39, 0.29) is 16.9 Å². The molecule has 3 heterocycles. The van der Waals surface area contributed by atoms with Gasteiger partial charge in [-0.1, -0.05) is 13.8 Å². The Morgan fingerprint density at radius 2 is 1.97 bits per heavy atom. The van der Waals surface area contributed by atoms with Crippen molar-refractivity contribution >= 4 is 16.8 Å². The second-order valence-electron chi connectivity index (χ2n) is 9.74. The van der Waals surface area contributed by atoms with Gasteiger partial charge in [-0.15, -0.1) is 0 Å². The van der Waals surface area contributed by atoms with Gasteiger partial charge >= 0.3 is 0 Å². The molecule has 0 bridgehead atoms. The lowest BCUT2D eigenvalue weighted by atomic mass is 9.82. The van der Waals surface area contributed by atoms with Gasteiger partial charge in [0.2, 0.25) is 0 Å². The molecule has 1 saturated heterocycles. The monoisotopic (exact) mass is 484 g/mol. The zero-order chi connectivity index (χ0) is 25.6. The second-order valence-corrected chi connectivity index (χ2v) is 9.74. The summed E-state index contributed by atoms with van der Waals surface area (Å²) in [5.41, 5.74) is 3.33. The molecule has 0 spiro atoms. The van der Waals surface area contributed by atoms with E-state index in [9.17, 15) is 14.4 Å². The third-order valence-corrected chi connectivity index (χ3v) is 7.74. The molecule has 0 unspecified atom stereocenters. The molecule has 184 valence electrons. The minimum Gasteiger partial charge on any atom is -0.337 e. The van der Waals surface area contributed by atoms with Crippen molar-refractivity contribution < 1.29 is 9.18 Å². The molecule has 2 aromatic heterocycles. The number of nitriles is 1. The number of nitrogens with zero attached hydrogens (tertiary/aromatic N) is 6. The van der Waals surface area contributed by atoms with Crippen LogP contribution >= 0.6 is 0 Å². The maximum absolute atomic E-state index is 14.6. The summed E-state index contributed by atoms with van der Waals surface area (Å²) in [6.07, 6.45) is 4.97. The number of halogens is 1. The van der Waals surface area contributed by atoms with Gasteiger partial charge in [0.25, 0.3) is 5.91 Å². The number of rotatable bonds is 5. The molecule has 1 aliphatic heterocycles. The van der Waals surface area contributed by atoms with E-state index in [1.165, 1.54) is 12.1 Å². The van der Waals surface area contributed by atoms with Gasteiger partial charge in [-0.25, -0.2) is 9.37 Å². The Labute approximate surface area is 209 Å². The molecule has 0 saturated carbocycles. The summed E-state index contributed by atoms with van der Waals surface area (Å²) in [6, 6.07) is 12.1. The van der Waals surface area contributed by atoms with Crippen molar-refractivity contribution in [2.75, 3.05) is 13.1 Å². The first-order valence-corrected chi connectivity index (χ1v) is 12.3. The fourth-order valence-corrected chi connectivity index (χ4v) is 5.32. The first-order chi connectivity index (χ1) is 17.3. The van der Waals surface area contributed by atoms with Crippen LogP contribution in [0.2, 0.25) is 0 Å². The van der Waals surface area contributed by atoms with Gasteiger partial charge in [0.05, 0.1) is 16.8 Å². The van der Waals surface area contributed by atoms with E-state index >= 15 is 0 Å². The minimum absolute atomic E-state index is 0.0332. The van der Waals surface area contributed by atoms with E-state index in [0.29, 0.717) is 35.9 Å². The summed E-state index contributed by atoms with van der Waals surface area (Å²) in [5.74, 6) is -0.264. The molecule has 1 amide bonds. The molecule has 0 atom stereocenters. The lowest BCUT2D eigenvalue weighted by Gasteiger charge is -2.26. The number of hydrogen-bond donors (Lipinski definition) is 0. The molecular formula is C28H29FN6O. The van der Waals surface area contributed by atoms with Gasteiger partial charge in [-0.3, -0.25) is 14.0 Å². The summed E-state index contributed by atoms with van der Waals surface area (Å²) in [4.78, 5) is 20.4. The van der Waals surface area contributed by atoms with Crippen LogP contribution < -0.4 is 0 Å². The number of carbonyl (C=O) groups is 1. The highest BCUT2D eigenvalue weighted by Crippen LogP contribution is 2.38. The summed E-state index contributed by atoms with van der Waals surface area (Å²) in [7, 11) is 1.87. The highest BCUT2D eigenvalue weighted by atomic mass is 19.1. The number of likely N-dealkylation sites (tertiary alicyclic amines) is 1. The van der Waals surface area contributed by atoms with Crippen molar-refractivity contribution in [2.45, 2.75) is 40.0 Å². The van der Waals surface area contributed by atoms with Crippen LogP contribution in [-0.2, 0) is 7.05 Å². The number of carbonyl (C=O) groups excluding carboxylic acids is 1. The van der Waals surface area contributed by atoms with Crippen molar-refractivity contribution in [3.05, 3.63) is 65.4 Å². The number of imidazole rings is 1. The molecule has 0 radical (unpaired) electrons. The lowest BCUT2D eigenvalue weighted by Crippen LogP contribution is -2.32. The summed E-state index contributed by atoms with van der Waals surface area (Å²) in [5, 5.41) is 14.6. The third-order valence-electron chi connectivity index (χ3n) is 7.74. The van der Waals surface area contributed by atoms with Crippen molar-refractivity contribution in [1.29, 1.82) is 5.26 Å². The van der Waals surface area contributed by atoms with Crippen LogP contribution in [0.15, 0.2) is 42.6 Å². The van der Waals surface area contributed by atoms with E-state index < -0.39 is 5.82 Å². The summed E-state index contributed by atoms with van der Waals surface area (Å²) < 4.78 is 18.3. The standard InChI is InChI=1S/C28H29FN6O/c1-5-28(6-2)11-12-34(17-28)27(36)25-18(3)35(22-9-10-24-21(13-22)16-33(4)32-24)26(31-25)19-7-8-20(15-30)23(29)14-19/h7-10,13-14,16H,5-6,11-12,17H2,1-4H3. The Hall–Kier alpha value is -3.99. The van der Waals surface area contributed by atoms with Crippen LogP contribution in [0.25, 0.3) is 28.0 Å². The molecule has 8 heteroatoms. The second kappa shape index (κ2) is 8.90. The minimum atomic E-state index is -0.618. The number of benzene rings is 2. The van der Waals surface area contributed by atoms with Gasteiger partial charge in [-0.2, -0.15) is 10.4 Å². The van der Waals surface area contributed by atoms with Gasteiger partial charge in [0.15, 0.2) is 0 Å². The zero-order valence-electron chi connectivity index (χ0n) is 21.0. The Morgan fingerprint density at radius 1 is 1.19 bits per heavy atom. The van der Waals surface area contributed by atoms with Crippen molar-refractivity contribution in [1.82, 2.24) is 24.2 Å². The number of amides is 1. The van der Waals surface area contributed by atoms with E-state index in [4.69, 9.17) is 4.98 Å². The molecular weight excluding hydrogens is 455 g/mol. The van der Waals surface area contributed by atoms with Crippen molar-refractivity contribution in [2.24, 2.45) is 12.5 Å². The molecule has 7 nitrogen and oxygen atoms in total. The van der Waals surface area contributed by atoms with E-state index in [1.807, 2.05) is 53.9 Å². The molecule has 4 aromatic rings. The zero-order valence-corrected chi connectivity index (χ0v) is 21.0.